The van der Waals surface area contributed by atoms with Gasteiger partial charge >= 0.3 is 0 Å². The standard InChI is InChI=1S/C12H16N2O3S/c1-2-3-6-13-11(15)8-9(14(16)17)12(13)10-5-4-7-18-10/h4-5,7,9,12H,2-3,6,8H2,1H3/t9-,12-/m0/s1. The largest absolute Gasteiger partial charge is 0.328 e. The molecule has 6 heteroatoms. The molecule has 2 heterocycles. The highest BCUT2D eigenvalue weighted by Crippen LogP contribution is 2.37. The van der Waals surface area contributed by atoms with Gasteiger partial charge in [0, 0.05) is 16.3 Å². The number of unbranched alkanes of at least 4 members (excludes halogenated alkanes) is 1. The number of nitrogens with zero attached hydrogens (tertiary/aromatic N) is 2. The van der Waals surface area contributed by atoms with E-state index in [2.05, 4.69) is 0 Å². The third-order valence-electron chi connectivity index (χ3n) is 3.26. The smallest absolute Gasteiger partial charge is 0.246 e. The Bertz CT molecular complexity index is 433. The summed E-state index contributed by atoms with van der Waals surface area (Å²) in [6.45, 7) is 2.66. The lowest BCUT2D eigenvalue weighted by Crippen LogP contribution is -2.32. The van der Waals surface area contributed by atoms with Crippen LogP contribution in [0.3, 0.4) is 0 Å². The molecule has 1 amide bonds. The molecule has 1 aromatic rings. The number of amides is 1. The van der Waals surface area contributed by atoms with Crippen LogP contribution >= 0.6 is 11.3 Å². The summed E-state index contributed by atoms with van der Waals surface area (Å²) < 4.78 is 0. The van der Waals surface area contributed by atoms with Crippen LogP contribution in [0.1, 0.15) is 37.1 Å². The van der Waals surface area contributed by atoms with Crippen LogP contribution in [-0.2, 0) is 4.79 Å². The van der Waals surface area contributed by atoms with E-state index in [4.69, 9.17) is 0 Å². The second kappa shape index (κ2) is 5.48. The van der Waals surface area contributed by atoms with Crippen LogP contribution in [0.2, 0.25) is 0 Å². The van der Waals surface area contributed by atoms with E-state index in [1.54, 1.807) is 4.90 Å². The van der Waals surface area contributed by atoms with E-state index >= 15 is 0 Å². The number of hydrogen-bond acceptors (Lipinski definition) is 4. The Balaban J connectivity index is 2.26. The zero-order valence-corrected chi connectivity index (χ0v) is 11.1. The third-order valence-corrected chi connectivity index (χ3v) is 4.21. The molecule has 18 heavy (non-hydrogen) atoms. The molecule has 0 bridgehead atoms. The van der Waals surface area contributed by atoms with Crippen LogP contribution in [0.15, 0.2) is 17.5 Å². The summed E-state index contributed by atoms with van der Waals surface area (Å²) in [4.78, 5) is 25.3. The summed E-state index contributed by atoms with van der Waals surface area (Å²) in [5, 5.41) is 13.0. The Morgan fingerprint density at radius 2 is 2.39 bits per heavy atom. The first-order valence-electron chi connectivity index (χ1n) is 6.11. The van der Waals surface area contributed by atoms with Crippen LogP contribution in [0, 0.1) is 10.1 Å². The van der Waals surface area contributed by atoms with E-state index in [1.165, 1.54) is 11.3 Å². The highest BCUT2D eigenvalue weighted by Gasteiger charge is 2.48. The van der Waals surface area contributed by atoms with Gasteiger partial charge in [-0.05, 0) is 17.9 Å². The van der Waals surface area contributed by atoms with Crippen LogP contribution < -0.4 is 0 Å². The predicted molar refractivity (Wildman–Crippen MR) is 69.1 cm³/mol. The molecule has 0 radical (unpaired) electrons. The van der Waals surface area contributed by atoms with E-state index < -0.39 is 6.04 Å². The van der Waals surface area contributed by atoms with Gasteiger partial charge < -0.3 is 4.90 Å². The molecule has 2 atom stereocenters. The molecule has 1 fully saturated rings. The maximum Gasteiger partial charge on any atom is 0.246 e. The van der Waals surface area contributed by atoms with Crippen molar-refractivity contribution in [2.24, 2.45) is 0 Å². The summed E-state index contributed by atoms with van der Waals surface area (Å²) >= 11 is 1.48. The molecule has 0 N–H and O–H groups in total. The molecule has 98 valence electrons. The van der Waals surface area contributed by atoms with Crippen molar-refractivity contribution in [3.05, 3.63) is 32.5 Å². The summed E-state index contributed by atoms with van der Waals surface area (Å²) in [7, 11) is 0. The number of thiophene rings is 1. The van der Waals surface area contributed by atoms with Gasteiger partial charge in [-0.25, -0.2) is 0 Å². The molecule has 1 aromatic heterocycles. The first kappa shape index (κ1) is 13.0. The lowest BCUT2D eigenvalue weighted by atomic mass is 10.1. The fourth-order valence-electron chi connectivity index (χ4n) is 2.36. The summed E-state index contributed by atoms with van der Waals surface area (Å²) in [6.07, 6.45) is 1.89. The Morgan fingerprint density at radius 3 is 2.94 bits per heavy atom. The van der Waals surface area contributed by atoms with E-state index in [0.29, 0.717) is 6.54 Å². The zero-order chi connectivity index (χ0) is 13.1. The van der Waals surface area contributed by atoms with Gasteiger partial charge in [-0.2, -0.15) is 0 Å². The number of rotatable bonds is 5. The van der Waals surface area contributed by atoms with Crippen molar-refractivity contribution < 1.29 is 9.72 Å². The van der Waals surface area contributed by atoms with Crippen molar-refractivity contribution in [3.8, 4) is 0 Å². The molecular weight excluding hydrogens is 252 g/mol. The zero-order valence-electron chi connectivity index (χ0n) is 10.2. The van der Waals surface area contributed by atoms with Crippen molar-refractivity contribution in [3.63, 3.8) is 0 Å². The molecular formula is C12H16N2O3S. The van der Waals surface area contributed by atoms with Gasteiger partial charge in [0.2, 0.25) is 11.9 Å². The van der Waals surface area contributed by atoms with Gasteiger partial charge in [0.25, 0.3) is 0 Å². The topological polar surface area (TPSA) is 63.5 Å². The molecule has 0 aromatic carbocycles. The minimum atomic E-state index is -0.798. The quantitative estimate of drug-likeness (QED) is 0.608. The minimum absolute atomic E-state index is 0.0271. The molecule has 5 nitrogen and oxygen atoms in total. The second-order valence-corrected chi connectivity index (χ2v) is 5.44. The average Bonchev–Trinajstić information content (AvgIpc) is 2.93. The second-order valence-electron chi connectivity index (χ2n) is 4.46. The first-order valence-corrected chi connectivity index (χ1v) is 6.99. The average molecular weight is 268 g/mol. The van der Waals surface area contributed by atoms with Gasteiger partial charge in [-0.15, -0.1) is 11.3 Å². The molecule has 0 spiro atoms. The van der Waals surface area contributed by atoms with E-state index in [-0.39, 0.29) is 23.3 Å². The summed E-state index contributed by atoms with van der Waals surface area (Å²) in [5.74, 6) is -0.0939. The Morgan fingerprint density at radius 1 is 1.61 bits per heavy atom. The third kappa shape index (κ3) is 2.38. The van der Waals surface area contributed by atoms with Gasteiger partial charge in [0.15, 0.2) is 0 Å². The molecule has 0 unspecified atom stereocenters. The number of nitro groups is 1. The number of carbonyl (C=O) groups excluding carboxylic acids is 1. The van der Waals surface area contributed by atoms with Crippen molar-refractivity contribution >= 4 is 17.2 Å². The summed E-state index contributed by atoms with van der Waals surface area (Å²) in [5.41, 5.74) is 0. The fraction of sp³-hybridized carbons (Fsp3) is 0.583. The van der Waals surface area contributed by atoms with Gasteiger partial charge in [-0.1, -0.05) is 19.4 Å². The molecule has 0 saturated carbocycles. The molecule has 1 saturated heterocycles. The van der Waals surface area contributed by atoms with Gasteiger partial charge in [0.05, 0.1) is 6.42 Å². The van der Waals surface area contributed by atoms with E-state index in [9.17, 15) is 14.9 Å². The van der Waals surface area contributed by atoms with E-state index in [1.807, 2.05) is 24.4 Å². The predicted octanol–water partition coefficient (Wildman–Crippen LogP) is 2.47. The Kier molecular flexibility index (Phi) is 3.96. The van der Waals surface area contributed by atoms with Crippen LogP contribution in [-0.4, -0.2) is 28.3 Å². The normalized spacial score (nSPS) is 23.6. The van der Waals surface area contributed by atoms with Crippen molar-refractivity contribution in [1.82, 2.24) is 4.90 Å². The van der Waals surface area contributed by atoms with Crippen molar-refractivity contribution in [2.45, 2.75) is 38.3 Å². The molecule has 0 aliphatic carbocycles. The summed E-state index contributed by atoms with van der Waals surface area (Å²) in [6, 6.07) is 2.58. The van der Waals surface area contributed by atoms with E-state index in [0.717, 1.165) is 17.7 Å². The SMILES string of the molecule is CCCCN1C(=O)C[C@H]([N+](=O)[O-])[C@H]1c1cccs1. The highest BCUT2D eigenvalue weighted by atomic mass is 32.1. The Hall–Kier alpha value is -1.43. The van der Waals surface area contributed by atoms with Crippen LogP contribution in [0.25, 0.3) is 0 Å². The molecule has 1 aliphatic heterocycles. The van der Waals surface area contributed by atoms with Gasteiger partial charge in [0.1, 0.15) is 6.04 Å². The van der Waals surface area contributed by atoms with Crippen molar-refractivity contribution in [1.29, 1.82) is 0 Å². The van der Waals surface area contributed by atoms with Crippen molar-refractivity contribution in [2.75, 3.05) is 6.54 Å². The molecule has 2 rings (SSSR count). The monoisotopic (exact) mass is 268 g/mol. The fourth-order valence-corrected chi connectivity index (χ4v) is 3.25. The number of carbonyl (C=O) groups is 1. The lowest BCUT2D eigenvalue weighted by Gasteiger charge is -2.23. The minimum Gasteiger partial charge on any atom is -0.328 e. The number of likely N-dealkylation sites (tertiary alicyclic amines) is 1. The van der Waals surface area contributed by atoms with Crippen LogP contribution in [0.5, 0.6) is 0 Å². The Labute approximate surface area is 110 Å². The maximum atomic E-state index is 11.9. The highest BCUT2D eigenvalue weighted by molar-refractivity contribution is 7.10. The maximum absolute atomic E-state index is 11.9. The lowest BCUT2D eigenvalue weighted by molar-refractivity contribution is -0.525. The first-order chi connectivity index (χ1) is 8.65. The van der Waals surface area contributed by atoms with Crippen LogP contribution in [0.4, 0.5) is 0 Å². The number of hydrogen-bond donors (Lipinski definition) is 0. The molecule has 1 aliphatic rings. The van der Waals surface area contributed by atoms with Gasteiger partial charge in [-0.3, -0.25) is 14.9 Å².